The smallest absolute Gasteiger partial charge is 0.486 e. The van der Waals surface area contributed by atoms with Gasteiger partial charge in [0, 0.05) is 0 Å². The van der Waals surface area contributed by atoms with E-state index in [0.717, 1.165) is 0 Å². The van der Waals surface area contributed by atoms with E-state index in [1.807, 2.05) is 5.87 Å². The van der Waals surface area contributed by atoms with Gasteiger partial charge in [0.1, 0.15) is 0 Å². The highest BCUT2D eigenvalue weighted by Crippen LogP contribution is 2.21. The van der Waals surface area contributed by atoms with E-state index in [4.69, 9.17) is 17.5 Å². The Morgan fingerprint density at radius 1 is 0.938 bits per heavy atom. The molecule has 0 fully saturated rings. The van der Waals surface area contributed by atoms with Crippen molar-refractivity contribution in [1.82, 2.24) is 0 Å². The summed E-state index contributed by atoms with van der Waals surface area (Å²) in [5, 5.41) is 0. The molecule has 1 atom stereocenters. The maximum atomic E-state index is 11.0. The average Bonchev–Trinajstić information content (AvgIpc) is 1.77. The van der Waals surface area contributed by atoms with Crippen molar-refractivity contribution in [3.63, 3.8) is 0 Å². The fourth-order valence-electron chi connectivity index (χ4n) is 0. The van der Waals surface area contributed by atoms with Crippen molar-refractivity contribution in [3.8, 4) is 0 Å². The Hall–Kier alpha value is -0.530. The SMILES string of the molecule is C=S(=O)(O)C(F)(F)F.O=S(=O)([O-])C(F)(F)F. The number of hydrogen-bond acceptors (Lipinski definition) is 4. The van der Waals surface area contributed by atoms with Crippen LogP contribution in [-0.4, -0.2) is 38.6 Å². The van der Waals surface area contributed by atoms with Gasteiger partial charge in [0.05, 0.1) is 0 Å². The van der Waals surface area contributed by atoms with Crippen molar-refractivity contribution in [3.05, 3.63) is 0 Å². The number of alkyl halides is 6. The molecular weight excluding hydrogens is 294 g/mol. The second-order valence-electron chi connectivity index (χ2n) is 1.99. The first kappa shape index (κ1) is 17.9. The minimum atomic E-state index is -6.09. The number of rotatable bonds is 0. The zero-order valence-corrected chi connectivity index (χ0v) is 8.50. The summed E-state index contributed by atoms with van der Waals surface area (Å²) in [6.07, 6.45) is 0. The molecular formula is C3H3F6O5S2-. The Kier molecular flexibility index (Phi) is 5.32. The van der Waals surface area contributed by atoms with Crippen molar-refractivity contribution in [2.24, 2.45) is 0 Å². The highest BCUT2D eigenvalue weighted by Gasteiger charge is 2.38. The predicted octanol–water partition coefficient (Wildman–Crippen LogP) is 0.747. The van der Waals surface area contributed by atoms with Crippen molar-refractivity contribution in [1.29, 1.82) is 0 Å². The van der Waals surface area contributed by atoms with Crippen molar-refractivity contribution in [2.75, 3.05) is 0 Å². The molecule has 0 aliphatic rings. The zero-order chi connectivity index (χ0) is 14.0. The minimum Gasteiger partial charge on any atom is -0.741 e. The molecule has 1 N–H and O–H groups in total. The Bertz CT molecular complexity index is 370. The molecule has 0 aliphatic heterocycles. The summed E-state index contributed by atoms with van der Waals surface area (Å²) in [6, 6.07) is 0. The molecule has 0 aromatic carbocycles. The Balaban J connectivity index is 0. The van der Waals surface area contributed by atoms with Crippen LogP contribution < -0.4 is 0 Å². The molecule has 0 aromatic heterocycles. The lowest BCUT2D eigenvalue weighted by atomic mass is 11.6. The van der Waals surface area contributed by atoms with Crippen LogP contribution in [0.15, 0.2) is 0 Å². The summed E-state index contributed by atoms with van der Waals surface area (Å²) < 4.78 is 109. The minimum absolute atomic E-state index is 2.00. The van der Waals surface area contributed by atoms with Crippen LogP contribution in [0.25, 0.3) is 0 Å². The van der Waals surface area contributed by atoms with Crippen molar-refractivity contribution in [2.45, 2.75) is 11.0 Å². The van der Waals surface area contributed by atoms with E-state index in [1.165, 1.54) is 0 Å². The third kappa shape index (κ3) is 6.86. The summed E-state index contributed by atoms with van der Waals surface area (Å²) in [7, 11) is -10.9. The maximum absolute atomic E-state index is 11.0. The molecule has 0 aliphatic carbocycles. The predicted molar refractivity (Wildman–Crippen MR) is 39.7 cm³/mol. The summed E-state index contributed by atoms with van der Waals surface area (Å²) in [5.41, 5.74) is -10.7. The molecule has 13 heteroatoms. The summed E-state index contributed by atoms with van der Waals surface area (Å²) in [4.78, 5) is 0. The lowest BCUT2D eigenvalue weighted by Gasteiger charge is -2.08. The lowest BCUT2D eigenvalue weighted by Crippen LogP contribution is -2.21. The Morgan fingerprint density at radius 3 is 1.06 bits per heavy atom. The molecule has 0 bridgehead atoms. The second kappa shape index (κ2) is 4.77. The first-order chi connectivity index (χ1) is 6.50. The van der Waals surface area contributed by atoms with Crippen LogP contribution in [0.1, 0.15) is 0 Å². The molecule has 0 saturated carbocycles. The molecule has 0 radical (unpaired) electrons. The molecule has 0 heterocycles. The second-order valence-corrected chi connectivity index (χ2v) is 5.10. The fraction of sp³-hybridized carbons (Fsp3) is 0.667. The number of halogens is 6. The average molecular weight is 297 g/mol. The summed E-state index contributed by atoms with van der Waals surface area (Å²) in [5.74, 6) is 2.00. The van der Waals surface area contributed by atoms with Crippen LogP contribution in [-0.2, 0) is 19.9 Å². The standard InChI is InChI=1S/C2H3F3O2S.CHF3O3S/c1-8(6,7)2(3,4)5;2-1(3,4)8(5,6)7/h1H2,(H,6,7);(H,5,6,7)/p-1. The molecule has 0 amide bonds. The zero-order valence-electron chi connectivity index (χ0n) is 6.87. The fourth-order valence-corrected chi connectivity index (χ4v) is 0. The first-order valence-corrected chi connectivity index (χ1v) is 5.77. The molecule has 16 heavy (non-hydrogen) atoms. The topological polar surface area (TPSA) is 94.5 Å². The van der Waals surface area contributed by atoms with Gasteiger partial charge in [-0.2, -0.15) is 26.3 Å². The highest BCUT2D eigenvalue weighted by atomic mass is 32.2. The van der Waals surface area contributed by atoms with Crippen LogP contribution in [0.2, 0.25) is 0 Å². The van der Waals surface area contributed by atoms with Gasteiger partial charge in [0.15, 0.2) is 19.9 Å². The van der Waals surface area contributed by atoms with E-state index in [2.05, 4.69) is 0 Å². The largest absolute Gasteiger partial charge is 0.741 e. The van der Waals surface area contributed by atoms with E-state index in [9.17, 15) is 30.6 Å². The Labute approximate surface area is 85.6 Å². The maximum Gasteiger partial charge on any atom is 0.486 e. The van der Waals surface area contributed by atoms with Crippen molar-refractivity contribution >= 4 is 25.8 Å². The van der Waals surface area contributed by atoms with E-state index in [1.54, 1.807) is 0 Å². The van der Waals surface area contributed by atoms with Gasteiger partial charge in [-0.05, 0) is 5.87 Å². The molecule has 100 valence electrons. The van der Waals surface area contributed by atoms with E-state index in [-0.39, 0.29) is 0 Å². The quantitative estimate of drug-likeness (QED) is 0.308. The van der Waals surface area contributed by atoms with Gasteiger partial charge < -0.3 is 9.11 Å². The third-order valence-electron chi connectivity index (χ3n) is 0.645. The van der Waals surface area contributed by atoms with Crippen molar-refractivity contribution < 1.29 is 48.1 Å². The van der Waals surface area contributed by atoms with Crippen LogP contribution in [0, 0.1) is 0 Å². The lowest BCUT2D eigenvalue weighted by molar-refractivity contribution is -0.0518. The van der Waals surface area contributed by atoms with Gasteiger partial charge in [0.2, 0.25) is 0 Å². The first-order valence-electron chi connectivity index (χ1n) is 2.68. The third-order valence-corrected chi connectivity index (χ3v) is 1.94. The normalized spacial score (nSPS) is 17.0. The molecule has 0 saturated heterocycles. The van der Waals surface area contributed by atoms with Gasteiger partial charge >= 0.3 is 11.0 Å². The van der Waals surface area contributed by atoms with Crippen LogP contribution in [0.3, 0.4) is 0 Å². The van der Waals surface area contributed by atoms with E-state index >= 15 is 0 Å². The molecule has 0 aromatic rings. The highest BCUT2D eigenvalue weighted by molar-refractivity contribution is 7.95. The van der Waals surface area contributed by atoms with Gasteiger partial charge in [0.25, 0.3) is 0 Å². The van der Waals surface area contributed by atoms with Gasteiger partial charge in [-0.1, -0.05) is 0 Å². The monoisotopic (exact) mass is 297 g/mol. The number of hydrogen-bond donors (Lipinski definition) is 1. The van der Waals surface area contributed by atoms with Crippen LogP contribution >= 0.6 is 0 Å². The Morgan fingerprint density at radius 2 is 1.06 bits per heavy atom. The molecule has 0 spiro atoms. The van der Waals surface area contributed by atoms with Gasteiger partial charge in [-0.3, -0.25) is 0 Å². The summed E-state index contributed by atoms with van der Waals surface area (Å²) in [6.45, 7) is 0. The molecule has 0 rings (SSSR count). The molecule has 1 unspecified atom stereocenters. The summed E-state index contributed by atoms with van der Waals surface area (Å²) >= 11 is 0. The van der Waals surface area contributed by atoms with Gasteiger partial charge in [-0.25, -0.2) is 12.6 Å². The van der Waals surface area contributed by atoms with E-state index < -0.39 is 30.9 Å². The van der Waals surface area contributed by atoms with E-state index in [0.29, 0.717) is 0 Å². The molecule has 5 nitrogen and oxygen atoms in total. The van der Waals surface area contributed by atoms with Crippen LogP contribution in [0.5, 0.6) is 0 Å². The van der Waals surface area contributed by atoms with Crippen LogP contribution in [0.4, 0.5) is 26.3 Å². The van der Waals surface area contributed by atoms with Gasteiger partial charge in [-0.15, -0.1) is 0 Å².